The Morgan fingerprint density at radius 1 is 1.41 bits per heavy atom. The van der Waals surface area contributed by atoms with Gasteiger partial charge in [0, 0.05) is 24.8 Å². The minimum Gasteiger partial charge on any atom is -0.357 e. The molecule has 1 aromatic rings. The van der Waals surface area contributed by atoms with Gasteiger partial charge in [0.25, 0.3) is 0 Å². The number of aldehydes is 1. The first-order valence-electron chi connectivity index (χ1n) is 6.49. The van der Waals surface area contributed by atoms with Gasteiger partial charge in [-0.05, 0) is 30.9 Å². The minimum absolute atomic E-state index is 0.648. The van der Waals surface area contributed by atoms with Gasteiger partial charge in [0.2, 0.25) is 0 Å². The van der Waals surface area contributed by atoms with Crippen molar-refractivity contribution in [2.75, 3.05) is 18.0 Å². The zero-order valence-electron chi connectivity index (χ0n) is 10.4. The molecule has 0 aliphatic carbocycles. The largest absolute Gasteiger partial charge is 0.357 e. The van der Waals surface area contributed by atoms with Crippen LogP contribution in [0.15, 0.2) is 18.3 Å². The van der Waals surface area contributed by atoms with Crippen LogP contribution in [0, 0.1) is 5.92 Å². The number of pyridine rings is 1. The monoisotopic (exact) mass is 232 g/mol. The second-order valence-electron chi connectivity index (χ2n) is 4.79. The maximum absolute atomic E-state index is 10.6. The highest BCUT2D eigenvalue weighted by atomic mass is 16.1. The van der Waals surface area contributed by atoms with Crippen molar-refractivity contribution in [3.05, 3.63) is 23.9 Å². The number of carbonyl (C=O) groups is 1. The molecule has 1 saturated heterocycles. The molecule has 0 spiro atoms. The molecule has 1 aromatic heterocycles. The van der Waals surface area contributed by atoms with Crippen molar-refractivity contribution >= 4 is 12.1 Å². The van der Waals surface area contributed by atoms with Gasteiger partial charge in [0.1, 0.15) is 5.82 Å². The van der Waals surface area contributed by atoms with E-state index in [9.17, 15) is 4.79 Å². The van der Waals surface area contributed by atoms with Gasteiger partial charge in [0.15, 0.2) is 6.29 Å². The molecule has 2 rings (SSSR count). The molecule has 0 unspecified atom stereocenters. The molecule has 3 nitrogen and oxygen atoms in total. The second-order valence-corrected chi connectivity index (χ2v) is 4.79. The molecule has 0 amide bonds. The predicted molar refractivity (Wildman–Crippen MR) is 69.5 cm³/mol. The molecule has 2 heterocycles. The van der Waals surface area contributed by atoms with E-state index in [1.165, 1.54) is 25.7 Å². The summed E-state index contributed by atoms with van der Waals surface area (Å²) in [5.41, 5.74) is 0.648. The Balaban J connectivity index is 1.93. The summed E-state index contributed by atoms with van der Waals surface area (Å²) in [5, 5.41) is 0. The number of hydrogen-bond donors (Lipinski definition) is 0. The lowest BCUT2D eigenvalue weighted by Crippen LogP contribution is -2.34. The third kappa shape index (κ3) is 3.05. The Morgan fingerprint density at radius 2 is 2.18 bits per heavy atom. The average Bonchev–Trinajstić information content (AvgIpc) is 2.40. The van der Waals surface area contributed by atoms with Crippen LogP contribution in [0.25, 0.3) is 0 Å². The molecule has 17 heavy (non-hydrogen) atoms. The third-order valence-corrected chi connectivity index (χ3v) is 3.54. The van der Waals surface area contributed by atoms with Crippen LogP contribution in [0.3, 0.4) is 0 Å². The van der Waals surface area contributed by atoms with Crippen molar-refractivity contribution in [2.45, 2.75) is 32.6 Å². The van der Waals surface area contributed by atoms with Crippen molar-refractivity contribution in [3.8, 4) is 0 Å². The van der Waals surface area contributed by atoms with Gasteiger partial charge in [0.05, 0.1) is 0 Å². The zero-order valence-corrected chi connectivity index (χ0v) is 10.4. The fourth-order valence-corrected chi connectivity index (χ4v) is 2.51. The number of hydrogen-bond acceptors (Lipinski definition) is 3. The molecule has 0 N–H and O–H groups in total. The lowest BCUT2D eigenvalue weighted by atomic mass is 9.92. The van der Waals surface area contributed by atoms with Crippen LogP contribution in [0.1, 0.15) is 43.0 Å². The summed E-state index contributed by atoms with van der Waals surface area (Å²) < 4.78 is 0. The summed E-state index contributed by atoms with van der Waals surface area (Å²) in [7, 11) is 0. The molecular formula is C14H20N2O. The van der Waals surface area contributed by atoms with Gasteiger partial charge >= 0.3 is 0 Å². The first-order chi connectivity index (χ1) is 8.33. The number of carbonyl (C=O) groups excluding carboxylic acids is 1. The van der Waals surface area contributed by atoms with E-state index < -0.39 is 0 Å². The number of piperidine rings is 1. The lowest BCUT2D eigenvalue weighted by molar-refractivity contribution is 0.112. The van der Waals surface area contributed by atoms with E-state index in [1.54, 1.807) is 6.20 Å². The van der Waals surface area contributed by atoms with Gasteiger partial charge in [-0.3, -0.25) is 4.79 Å². The summed E-state index contributed by atoms with van der Waals surface area (Å²) in [5.74, 6) is 1.90. The van der Waals surface area contributed by atoms with E-state index in [0.717, 1.165) is 31.1 Å². The van der Waals surface area contributed by atoms with E-state index in [0.29, 0.717) is 5.56 Å². The maximum Gasteiger partial charge on any atom is 0.151 e. The summed E-state index contributed by atoms with van der Waals surface area (Å²) in [6.45, 7) is 4.45. The Bertz CT molecular complexity index is 353. The van der Waals surface area contributed by atoms with E-state index in [4.69, 9.17) is 0 Å². The molecule has 0 radical (unpaired) electrons. The van der Waals surface area contributed by atoms with Crippen LogP contribution in [0.5, 0.6) is 0 Å². The van der Waals surface area contributed by atoms with E-state index in [2.05, 4.69) is 16.8 Å². The fraction of sp³-hybridized carbons (Fsp3) is 0.571. The molecule has 1 aliphatic rings. The van der Waals surface area contributed by atoms with Crippen LogP contribution in [-0.4, -0.2) is 24.4 Å². The van der Waals surface area contributed by atoms with Crippen molar-refractivity contribution in [2.24, 2.45) is 5.92 Å². The summed E-state index contributed by atoms with van der Waals surface area (Å²) in [6, 6.07) is 3.79. The number of anilines is 1. The van der Waals surface area contributed by atoms with E-state index in [1.807, 2.05) is 12.1 Å². The van der Waals surface area contributed by atoms with Gasteiger partial charge < -0.3 is 4.90 Å². The molecule has 3 heteroatoms. The Hall–Kier alpha value is -1.38. The van der Waals surface area contributed by atoms with Crippen LogP contribution in [0.2, 0.25) is 0 Å². The van der Waals surface area contributed by atoms with Crippen molar-refractivity contribution in [1.82, 2.24) is 4.98 Å². The zero-order chi connectivity index (χ0) is 12.1. The van der Waals surface area contributed by atoms with E-state index >= 15 is 0 Å². The fourth-order valence-electron chi connectivity index (χ4n) is 2.51. The van der Waals surface area contributed by atoms with Gasteiger partial charge in [-0.25, -0.2) is 4.98 Å². The molecule has 0 saturated carbocycles. The smallest absolute Gasteiger partial charge is 0.151 e. The first-order valence-corrected chi connectivity index (χ1v) is 6.49. The SMILES string of the molecule is CCCC1CCN(c2ccc(C=O)cn2)CC1. The average molecular weight is 232 g/mol. The number of aromatic nitrogens is 1. The highest BCUT2D eigenvalue weighted by molar-refractivity contribution is 5.74. The summed E-state index contributed by atoms with van der Waals surface area (Å²) in [4.78, 5) is 17.2. The Labute approximate surface area is 103 Å². The van der Waals surface area contributed by atoms with Crippen LogP contribution >= 0.6 is 0 Å². The second kappa shape index (κ2) is 5.80. The highest BCUT2D eigenvalue weighted by Crippen LogP contribution is 2.24. The predicted octanol–water partition coefficient (Wildman–Crippen LogP) is 2.91. The molecule has 92 valence electrons. The molecule has 0 atom stereocenters. The van der Waals surface area contributed by atoms with Crippen molar-refractivity contribution in [1.29, 1.82) is 0 Å². The van der Waals surface area contributed by atoms with Gasteiger partial charge in [-0.15, -0.1) is 0 Å². The molecule has 0 bridgehead atoms. The van der Waals surface area contributed by atoms with Crippen molar-refractivity contribution in [3.63, 3.8) is 0 Å². The normalized spacial score (nSPS) is 17.1. The molecular weight excluding hydrogens is 212 g/mol. The lowest BCUT2D eigenvalue weighted by Gasteiger charge is -2.32. The maximum atomic E-state index is 10.6. The van der Waals surface area contributed by atoms with Gasteiger partial charge in [-0.2, -0.15) is 0 Å². The summed E-state index contributed by atoms with van der Waals surface area (Å²) >= 11 is 0. The first kappa shape index (κ1) is 12.1. The molecule has 1 fully saturated rings. The number of rotatable bonds is 4. The quantitative estimate of drug-likeness (QED) is 0.748. The summed E-state index contributed by atoms with van der Waals surface area (Å²) in [6.07, 6.45) is 7.67. The Morgan fingerprint density at radius 3 is 2.71 bits per heavy atom. The van der Waals surface area contributed by atoms with Crippen molar-refractivity contribution < 1.29 is 4.79 Å². The van der Waals surface area contributed by atoms with Crippen LogP contribution < -0.4 is 4.90 Å². The Kier molecular flexibility index (Phi) is 4.13. The molecule has 0 aromatic carbocycles. The van der Waals surface area contributed by atoms with Crippen LogP contribution in [-0.2, 0) is 0 Å². The topological polar surface area (TPSA) is 33.2 Å². The highest BCUT2D eigenvalue weighted by Gasteiger charge is 2.19. The standard InChI is InChI=1S/C14H20N2O/c1-2-3-12-6-8-16(9-7-12)14-5-4-13(11-17)10-15-14/h4-5,10-12H,2-3,6-9H2,1H3. The minimum atomic E-state index is 0.648. The number of nitrogens with zero attached hydrogens (tertiary/aromatic N) is 2. The van der Waals surface area contributed by atoms with Gasteiger partial charge in [-0.1, -0.05) is 19.8 Å². The van der Waals surface area contributed by atoms with Crippen LogP contribution in [0.4, 0.5) is 5.82 Å². The molecule has 1 aliphatic heterocycles. The third-order valence-electron chi connectivity index (χ3n) is 3.54. The van der Waals surface area contributed by atoms with E-state index in [-0.39, 0.29) is 0 Å².